The molecule has 1 heterocycles. The van der Waals surface area contributed by atoms with Gasteiger partial charge in [-0.1, -0.05) is 36.4 Å². The summed E-state index contributed by atoms with van der Waals surface area (Å²) < 4.78 is 15.2. The van der Waals surface area contributed by atoms with Crippen molar-refractivity contribution < 1.29 is 14.1 Å². The summed E-state index contributed by atoms with van der Waals surface area (Å²) in [6.07, 6.45) is 1.60. The molecule has 1 N–H and O–H groups in total. The quantitative estimate of drug-likeness (QED) is 0.336. The molecule has 0 atom stereocenters. The van der Waals surface area contributed by atoms with E-state index in [9.17, 15) is 19.3 Å². The third kappa shape index (κ3) is 4.39. The van der Waals surface area contributed by atoms with Crippen molar-refractivity contribution in [3.05, 3.63) is 112 Å². The molecule has 0 unspecified atom stereocenters. The van der Waals surface area contributed by atoms with Crippen molar-refractivity contribution in [3.63, 3.8) is 0 Å². The van der Waals surface area contributed by atoms with Crippen LogP contribution >= 0.6 is 0 Å². The van der Waals surface area contributed by atoms with Gasteiger partial charge in [-0.25, -0.2) is 9.37 Å². The predicted octanol–water partition coefficient (Wildman–Crippen LogP) is 5.21. The lowest BCUT2D eigenvalue weighted by Gasteiger charge is -2.13. The fourth-order valence-electron chi connectivity index (χ4n) is 3.38. The van der Waals surface area contributed by atoms with Gasteiger partial charge < -0.3 is 9.88 Å². The average Bonchev–Trinajstić information content (AvgIpc) is 3.17. The van der Waals surface area contributed by atoms with Gasteiger partial charge in [-0.3, -0.25) is 14.9 Å². The number of nitro benzene ring substituents is 1. The molecule has 0 aliphatic rings. The third-order valence-corrected chi connectivity index (χ3v) is 5.06. The Balaban J connectivity index is 1.74. The molecule has 0 saturated carbocycles. The number of halogens is 1. The van der Waals surface area contributed by atoms with E-state index in [1.54, 1.807) is 30.0 Å². The first-order valence-electron chi connectivity index (χ1n) is 9.84. The van der Waals surface area contributed by atoms with Crippen molar-refractivity contribution >= 4 is 17.4 Å². The summed E-state index contributed by atoms with van der Waals surface area (Å²) in [7, 11) is 0. The Bertz CT molecular complexity index is 1280. The molecule has 0 spiro atoms. The van der Waals surface area contributed by atoms with Gasteiger partial charge in [0.2, 0.25) is 0 Å². The Morgan fingerprint density at radius 3 is 2.50 bits per heavy atom. The molecule has 0 fully saturated rings. The van der Waals surface area contributed by atoms with Gasteiger partial charge in [0.15, 0.2) is 0 Å². The highest BCUT2D eigenvalue weighted by Gasteiger charge is 2.20. The second-order valence-electron chi connectivity index (χ2n) is 7.27. The number of anilines is 1. The van der Waals surface area contributed by atoms with Gasteiger partial charge in [-0.15, -0.1) is 0 Å². The van der Waals surface area contributed by atoms with Gasteiger partial charge in [0.05, 0.1) is 17.8 Å². The summed E-state index contributed by atoms with van der Waals surface area (Å²) in [5, 5.41) is 14.0. The molecule has 8 heteroatoms. The van der Waals surface area contributed by atoms with Crippen molar-refractivity contribution in [2.45, 2.75) is 13.5 Å². The van der Waals surface area contributed by atoms with E-state index in [4.69, 9.17) is 0 Å². The molecular weight excluding hydrogens is 411 g/mol. The minimum Gasteiger partial charge on any atom is -0.312 e. The van der Waals surface area contributed by atoms with Crippen LogP contribution in [0.5, 0.6) is 0 Å². The molecule has 7 nitrogen and oxygen atoms in total. The highest BCUT2D eigenvalue weighted by molar-refractivity contribution is 6.06. The van der Waals surface area contributed by atoms with Gasteiger partial charge in [-0.2, -0.15) is 0 Å². The van der Waals surface area contributed by atoms with Crippen molar-refractivity contribution in [2.24, 2.45) is 0 Å². The molecule has 4 aromatic rings. The normalized spacial score (nSPS) is 10.7. The molecule has 4 rings (SSSR count). The third-order valence-electron chi connectivity index (χ3n) is 5.06. The predicted molar refractivity (Wildman–Crippen MR) is 119 cm³/mol. The topological polar surface area (TPSA) is 90.1 Å². The minimum atomic E-state index is -0.542. The number of nitro groups is 1. The molecule has 160 valence electrons. The second-order valence-corrected chi connectivity index (χ2v) is 7.27. The zero-order valence-corrected chi connectivity index (χ0v) is 17.2. The minimum absolute atomic E-state index is 0.169. The van der Waals surface area contributed by atoms with Crippen LogP contribution in [-0.4, -0.2) is 20.4 Å². The van der Waals surface area contributed by atoms with Crippen LogP contribution < -0.4 is 5.32 Å². The summed E-state index contributed by atoms with van der Waals surface area (Å²) in [6, 6.07) is 19.6. The maximum absolute atomic E-state index is 13.4. The van der Waals surface area contributed by atoms with E-state index in [2.05, 4.69) is 10.3 Å². The highest BCUT2D eigenvalue weighted by Crippen LogP contribution is 2.29. The van der Waals surface area contributed by atoms with Crippen LogP contribution in [0.15, 0.2) is 79.1 Å². The van der Waals surface area contributed by atoms with Gasteiger partial charge in [-0.05, 0) is 42.3 Å². The Morgan fingerprint density at radius 2 is 1.81 bits per heavy atom. The Kier molecular flexibility index (Phi) is 5.76. The van der Waals surface area contributed by atoms with Crippen LogP contribution in [0.3, 0.4) is 0 Å². The summed E-state index contributed by atoms with van der Waals surface area (Å²) in [5.41, 5.74) is 2.72. The van der Waals surface area contributed by atoms with E-state index < -0.39 is 10.8 Å². The highest BCUT2D eigenvalue weighted by atomic mass is 19.1. The number of aryl methyl sites for hydroxylation is 1. The van der Waals surface area contributed by atoms with Crippen LogP contribution in [0, 0.1) is 22.9 Å². The SMILES string of the molecule is Cc1ccc([N+](=O)[O-])cc1C(=O)Nc1c(-c2ccc(F)cc2)ncn1Cc1ccccc1. The van der Waals surface area contributed by atoms with E-state index in [1.165, 1.54) is 30.3 Å². The molecule has 0 radical (unpaired) electrons. The maximum atomic E-state index is 13.4. The number of hydrogen-bond donors (Lipinski definition) is 1. The van der Waals surface area contributed by atoms with E-state index in [0.717, 1.165) is 5.56 Å². The van der Waals surface area contributed by atoms with Crippen molar-refractivity contribution in [1.82, 2.24) is 9.55 Å². The largest absolute Gasteiger partial charge is 0.312 e. The van der Waals surface area contributed by atoms with Gasteiger partial charge in [0, 0.05) is 23.3 Å². The number of imidazole rings is 1. The number of nitrogens with one attached hydrogen (secondary N) is 1. The first-order valence-corrected chi connectivity index (χ1v) is 9.84. The van der Waals surface area contributed by atoms with Gasteiger partial charge >= 0.3 is 0 Å². The lowest BCUT2D eigenvalue weighted by atomic mass is 10.1. The Labute approximate surface area is 183 Å². The van der Waals surface area contributed by atoms with Crippen LogP contribution in [-0.2, 0) is 6.54 Å². The van der Waals surface area contributed by atoms with E-state index in [0.29, 0.717) is 29.2 Å². The number of rotatable bonds is 6. The smallest absolute Gasteiger partial charge is 0.270 e. The fraction of sp³-hybridized carbons (Fsp3) is 0.0833. The average molecular weight is 430 g/mol. The monoisotopic (exact) mass is 430 g/mol. The zero-order valence-electron chi connectivity index (χ0n) is 17.2. The Morgan fingerprint density at radius 1 is 1.09 bits per heavy atom. The van der Waals surface area contributed by atoms with E-state index in [1.807, 2.05) is 30.3 Å². The van der Waals surface area contributed by atoms with Crippen molar-refractivity contribution in [1.29, 1.82) is 0 Å². The number of nitrogens with zero attached hydrogens (tertiary/aromatic N) is 3. The molecule has 0 bridgehead atoms. The molecule has 0 saturated heterocycles. The number of non-ortho nitro benzene ring substituents is 1. The molecule has 32 heavy (non-hydrogen) atoms. The van der Waals surface area contributed by atoms with E-state index in [-0.39, 0.29) is 17.1 Å². The summed E-state index contributed by atoms with van der Waals surface area (Å²) in [4.78, 5) is 28.2. The van der Waals surface area contributed by atoms with Crippen LogP contribution in [0.2, 0.25) is 0 Å². The Hall–Kier alpha value is -4.33. The number of aromatic nitrogens is 2. The first kappa shape index (κ1) is 20.9. The van der Waals surface area contributed by atoms with Crippen LogP contribution in [0.4, 0.5) is 15.9 Å². The second kappa shape index (κ2) is 8.81. The van der Waals surface area contributed by atoms with Gasteiger partial charge in [0.1, 0.15) is 17.3 Å². The molecular formula is C24H19FN4O3. The van der Waals surface area contributed by atoms with Crippen LogP contribution in [0.25, 0.3) is 11.3 Å². The first-order chi connectivity index (χ1) is 15.4. The lowest BCUT2D eigenvalue weighted by molar-refractivity contribution is -0.384. The number of benzene rings is 3. The zero-order chi connectivity index (χ0) is 22.7. The van der Waals surface area contributed by atoms with E-state index >= 15 is 0 Å². The standard InChI is InChI=1S/C24H19FN4O3/c1-16-7-12-20(29(31)32)13-21(16)24(30)27-23-22(18-8-10-19(25)11-9-18)26-15-28(23)14-17-5-3-2-4-6-17/h2-13,15H,14H2,1H3,(H,27,30). The van der Waals surface area contributed by atoms with Crippen molar-refractivity contribution in [2.75, 3.05) is 5.32 Å². The summed E-state index contributed by atoms with van der Waals surface area (Å²) in [5.74, 6) is -0.462. The van der Waals surface area contributed by atoms with Gasteiger partial charge in [0.25, 0.3) is 11.6 Å². The summed E-state index contributed by atoms with van der Waals surface area (Å²) in [6.45, 7) is 2.15. The number of carbonyl (C=O) groups excluding carboxylic acids is 1. The van der Waals surface area contributed by atoms with Crippen LogP contribution in [0.1, 0.15) is 21.5 Å². The molecule has 0 aliphatic heterocycles. The number of carbonyl (C=O) groups is 1. The molecule has 3 aromatic carbocycles. The maximum Gasteiger partial charge on any atom is 0.270 e. The van der Waals surface area contributed by atoms with Crippen molar-refractivity contribution in [3.8, 4) is 11.3 Å². The number of hydrogen-bond acceptors (Lipinski definition) is 4. The molecule has 1 aromatic heterocycles. The summed E-state index contributed by atoms with van der Waals surface area (Å²) >= 11 is 0. The molecule has 1 amide bonds. The fourth-order valence-corrected chi connectivity index (χ4v) is 3.38. The number of amides is 1. The lowest BCUT2D eigenvalue weighted by Crippen LogP contribution is -2.17. The molecule has 0 aliphatic carbocycles.